The Hall–Kier alpha value is -2.97. The molecule has 0 aliphatic rings. The van der Waals surface area contributed by atoms with E-state index in [-0.39, 0.29) is 0 Å². The van der Waals surface area contributed by atoms with Crippen LogP contribution in [0.25, 0.3) is 38.6 Å². The highest BCUT2D eigenvalue weighted by molar-refractivity contribution is 7.98. The second-order valence-corrected chi connectivity index (χ2v) is 7.53. The van der Waals surface area contributed by atoms with Crippen LogP contribution in [0.5, 0.6) is 0 Å². The normalized spacial score (nSPS) is 11.3. The van der Waals surface area contributed by atoms with Gasteiger partial charge < -0.3 is 4.57 Å². The first-order chi connectivity index (χ1) is 13.3. The first-order valence-electron chi connectivity index (χ1n) is 9.08. The molecule has 2 heteroatoms. The summed E-state index contributed by atoms with van der Waals surface area (Å²) in [7, 11) is 0. The first kappa shape index (κ1) is 16.2. The lowest BCUT2D eigenvalue weighted by Gasteiger charge is -2.10. The molecule has 0 bridgehead atoms. The van der Waals surface area contributed by atoms with E-state index in [1.165, 1.54) is 43.5 Å². The van der Waals surface area contributed by atoms with Gasteiger partial charge in [0, 0.05) is 21.4 Å². The number of rotatable bonds is 3. The quantitative estimate of drug-likeness (QED) is 0.307. The van der Waals surface area contributed by atoms with Crippen molar-refractivity contribution >= 4 is 33.6 Å². The smallest absolute Gasteiger partial charge is 0.0541 e. The molecular weight excluding hydrogens is 346 g/mol. The first-order valence-corrected chi connectivity index (χ1v) is 10.3. The molecule has 0 spiro atoms. The van der Waals surface area contributed by atoms with Crippen molar-refractivity contribution in [1.29, 1.82) is 0 Å². The van der Waals surface area contributed by atoms with Gasteiger partial charge in [0.2, 0.25) is 0 Å². The Balaban J connectivity index is 1.80. The predicted octanol–water partition coefficient (Wildman–Crippen LogP) is 7.17. The fraction of sp³-hybridized carbons (Fsp3) is 0.0400. The van der Waals surface area contributed by atoms with Gasteiger partial charge in [-0.1, -0.05) is 60.7 Å². The number of para-hydroxylation sites is 1. The van der Waals surface area contributed by atoms with E-state index in [0.29, 0.717) is 0 Å². The van der Waals surface area contributed by atoms with Gasteiger partial charge in [-0.25, -0.2) is 0 Å². The van der Waals surface area contributed by atoms with Gasteiger partial charge in [-0.15, -0.1) is 11.8 Å². The van der Waals surface area contributed by atoms with Crippen LogP contribution in [0.3, 0.4) is 0 Å². The Labute approximate surface area is 163 Å². The molecule has 5 rings (SSSR count). The summed E-state index contributed by atoms with van der Waals surface area (Å²) in [6.45, 7) is 0. The Morgan fingerprint density at radius 1 is 0.593 bits per heavy atom. The van der Waals surface area contributed by atoms with E-state index < -0.39 is 0 Å². The fourth-order valence-corrected chi connectivity index (χ4v) is 4.25. The van der Waals surface area contributed by atoms with Gasteiger partial charge in [0.25, 0.3) is 0 Å². The largest absolute Gasteiger partial charge is 0.309 e. The highest BCUT2D eigenvalue weighted by Crippen LogP contribution is 2.35. The van der Waals surface area contributed by atoms with Crippen molar-refractivity contribution in [2.45, 2.75) is 4.90 Å². The molecule has 0 saturated carbocycles. The molecule has 130 valence electrons. The fourth-order valence-electron chi connectivity index (χ4n) is 3.81. The number of hydrogen-bond acceptors (Lipinski definition) is 1. The summed E-state index contributed by atoms with van der Waals surface area (Å²) in [6, 6.07) is 34.8. The summed E-state index contributed by atoms with van der Waals surface area (Å²) < 4.78 is 2.38. The Morgan fingerprint density at radius 3 is 2.19 bits per heavy atom. The molecule has 5 aromatic rings. The van der Waals surface area contributed by atoms with Crippen molar-refractivity contribution in [2.75, 3.05) is 6.26 Å². The maximum Gasteiger partial charge on any atom is 0.0541 e. The maximum absolute atomic E-state index is 2.38. The molecule has 4 aromatic carbocycles. The zero-order chi connectivity index (χ0) is 18.2. The topological polar surface area (TPSA) is 4.93 Å². The van der Waals surface area contributed by atoms with Gasteiger partial charge in [-0.2, -0.15) is 0 Å². The molecule has 0 saturated heterocycles. The van der Waals surface area contributed by atoms with Gasteiger partial charge >= 0.3 is 0 Å². The van der Waals surface area contributed by atoms with E-state index in [9.17, 15) is 0 Å². The number of fused-ring (bicyclic) bond motifs is 3. The van der Waals surface area contributed by atoms with Crippen molar-refractivity contribution in [3.8, 4) is 16.8 Å². The van der Waals surface area contributed by atoms with Crippen LogP contribution < -0.4 is 0 Å². The summed E-state index contributed by atoms with van der Waals surface area (Å²) in [5.74, 6) is 0. The maximum atomic E-state index is 2.38. The van der Waals surface area contributed by atoms with Crippen molar-refractivity contribution in [1.82, 2.24) is 4.57 Å². The Bertz CT molecular complexity index is 1250. The van der Waals surface area contributed by atoms with E-state index >= 15 is 0 Å². The zero-order valence-electron chi connectivity index (χ0n) is 15.1. The average molecular weight is 366 g/mol. The second kappa shape index (κ2) is 6.64. The molecule has 0 N–H and O–H groups in total. The Morgan fingerprint density at radius 2 is 1.33 bits per heavy atom. The Kier molecular flexibility index (Phi) is 3.99. The van der Waals surface area contributed by atoms with E-state index in [2.05, 4.69) is 108 Å². The minimum Gasteiger partial charge on any atom is -0.309 e. The van der Waals surface area contributed by atoms with E-state index in [1.54, 1.807) is 11.8 Å². The van der Waals surface area contributed by atoms with Crippen molar-refractivity contribution in [2.24, 2.45) is 0 Å². The van der Waals surface area contributed by atoms with Crippen LogP contribution in [0.15, 0.2) is 102 Å². The molecule has 0 aliphatic heterocycles. The summed E-state index contributed by atoms with van der Waals surface area (Å²) in [5, 5.41) is 2.61. The molecule has 0 radical (unpaired) electrons. The molecule has 0 fully saturated rings. The van der Waals surface area contributed by atoms with Gasteiger partial charge in [0.05, 0.1) is 11.0 Å². The highest BCUT2D eigenvalue weighted by atomic mass is 32.2. The van der Waals surface area contributed by atoms with Crippen LogP contribution in [-0.2, 0) is 0 Å². The van der Waals surface area contributed by atoms with Crippen LogP contribution in [0.1, 0.15) is 0 Å². The summed E-state index contributed by atoms with van der Waals surface area (Å²) in [6.07, 6.45) is 2.13. The molecule has 0 unspecified atom stereocenters. The number of thioether (sulfide) groups is 1. The van der Waals surface area contributed by atoms with Gasteiger partial charge in [-0.05, 0) is 53.8 Å². The van der Waals surface area contributed by atoms with Crippen LogP contribution >= 0.6 is 11.8 Å². The lowest BCUT2D eigenvalue weighted by atomic mass is 10.1. The number of hydrogen-bond donors (Lipinski definition) is 0. The van der Waals surface area contributed by atoms with Crippen LogP contribution in [0.4, 0.5) is 0 Å². The summed E-state index contributed by atoms with van der Waals surface area (Å²) in [5.41, 5.74) is 6.17. The SMILES string of the molecule is CSc1ccc2c(c1)c1ccccc1n2-c1cccc(-c2ccccc2)c1. The molecule has 27 heavy (non-hydrogen) atoms. The van der Waals surface area contributed by atoms with Gasteiger partial charge in [0.1, 0.15) is 0 Å². The number of nitrogens with zero attached hydrogens (tertiary/aromatic N) is 1. The third-order valence-corrected chi connectivity index (χ3v) is 5.82. The monoisotopic (exact) mass is 365 g/mol. The molecule has 0 atom stereocenters. The minimum absolute atomic E-state index is 1.19. The number of benzene rings is 4. The molecule has 1 nitrogen and oxygen atoms in total. The van der Waals surface area contributed by atoms with Gasteiger partial charge in [-0.3, -0.25) is 0 Å². The predicted molar refractivity (Wildman–Crippen MR) is 118 cm³/mol. The lowest BCUT2D eigenvalue weighted by molar-refractivity contribution is 1.18. The van der Waals surface area contributed by atoms with E-state index in [0.717, 1.165) is 0 Å². The van der Waals surface area contributed by atoms with Crippen LogP contribution in [0, 0.1) is 0 Å². The van der Waals surface area contributed by atoms with Crippen molar-refractivity contribution in [3.05, 3.63) is 97.1 Å². The van der Waals surface area contributed by atoms with Gasteiger partial charge in [0.15, 0.2) is 0 Å². The van der Waals surface area contributed by atoms with E-state index in [4.69, 9.17) is 0 Å². The molecule has 0 amide bonds. The van der Waals surface area contributed by atoms with Crippen LogP contribution in [0.2, 0.25) is 0 Å². The summed E-state index contributed by atoms with van der Waals surface area (Å²) >= 11 is 1.79. The number of aromatic nitrogens is 1. The minimum atomic E-state index is 1.19. The summed E-state index contributed by atoms with van der Waals surface area (Å²) in [4.78, 5) is 1.29. The highest BCUT2D eigenvalue weighted by Gasteiger charge is 2.12. The van der Waals surface area contributed by atoms with E-state index in [1.807, 2.05) is 0 Å². The molecule has 1 heterocycles. The standard InChI is InChI=1S/C25H19NS/c1-27-21-14-15-25-23(17-21)22-12-5-6-13-24(22)26(25)20-11-7-10-19(16-20)18-8-3-2-4-9-18/h2-17H,1H3. The molecule has 1 aromatic heterocycles. The third-order valence-electron chi connectivity index (χ3n) is 5.09. The molecular formula is C25H19NS. The molecule has 0 aliphatic carbocycles. The van der Waals surface area contributed by atoms with Crippen molar-refractivity contribution < 1.29 is 0 Å². The second-order valence-electron chi connectivity index (χ2n) is 6.65. The lowest BCUT2D eigenvalue weighted by Crippen LogP contribution is -1.94. The van der Waals surface area contributed by atoms with Crippen molar-refractivity contribution in [3.63, 3.8) is 0 Å². The average Bonchev–Trinajstić information content (AvgIpc) is 3.08. The third kappa shape index (κ3) is 2.73. The van der Waals surface area contributed by atoms with Crippen LogP contribution in [-0.4, -0.2) is 10.8 Å². The zero-order valence-corrected chi connectivity index (χ0v) is 15.9.